The van der Waals surface area contributed by atoms with Crippen LogP contribution in [-0.4, -0.2) is 93.2 Å². The lowest BCUT2D eigenvalue weighted by molar-refractivity contribution is -0.142. The van der Waals surface area contributed by atoms with Crippen molar-refractivity contribution in [3.05, 3.63) is 53.7 Å². The molecule has 2 aliphatic heterocycles. The summed E-state index contributed by atoms with van der Waals surface area (Å²) in [5, 5.41) is 13.1. The molecule has 3 aromatic rings. The molecule has 2 aromatic heterocycles. The van der Waals surface area contributed by atoms with E-state index in [1.54, 1.807) is 19.1 Å². The molecule has 3 atom stereocenters. The Balaban J connectivity index is 1.49. The molecule has 1 fully saturated rings. The summed E-state index contributed by atoms with van der Waals surface area (Å²) in [4.78, 5) is 56.5. The van der Waals surface area contributed by atoms with Crippen LogP contribution in [0.2, 0.25) is 0 Å². The minimum atomic E-state index is -1.11. The normalized spacial score (nSPS) is 21.6. The van der Waals surface area contributed by atoms with Crippen molar-refractivity contribution in [3.8, 4) is 23.1 Å². The van der Waals surface area contributed by atoms with E-state index in [1.807, 2.05) is 56.3 Å². The van der Waals surface area contributed by atoms with Gasteiger partial charge in [0.2, 0.25) is 11.8 Å². The van der Waals surface area contributed by atoms with Gasteiger partial charge >= 0.3 is 12.0 Å². The van der Waals surface area contributed by atoms with Crippen LogP contribution in [0.1, 0.15) is 49.8 Å². The second-order valence-electron chi connectivity index (χ2n) is 11.6. The molecule has 12 heteroatoms. The highest BCUT2D eigenvalue weighted by Crippen LogP contribution is 2.34. The molecule has 4 heterocycles. The van der Waals surface area contributed by atoms with Crippen molar-refractivity contribution in [1.29, 1.82) is 0 Å². The van der Waals surface area contributed by atoms with Crippen molar-refractivity contribution in [2.24, 2.45) is 0 Å². The molecule has 3 unspecified atom stereocenters. The van der Waals surface area contributed by atoms with Gasteiger partial charge < -0.3 is 29.7 Å². The van der Waals surface area contributed by atoms with Crippen molar-refractivity contribution in [3.63, 3.8) is 0 Å². The Bertz CT molecular complexity index is 1610. The molecule has 12 nitrogen and oxygen atoms in total. The quantitative estimate of drug-likeness (QED) is 0.401. The van der Waals surface area contributed by atoms with Gasteiger partial charge in [-0.25, -0.2) is 19.6 Å². The fourth-order valence-electron chi connectivity index (χ4n) is 5.83. The first-order valence-corrected chi connectivity index (χ1v) is 15.3. The fourth-order valence-corrected chi connectivity index (χ4v) is 5.83. The highest BCUT2D eigenvalue weighted by atomic mass is 16.5. The Kier molecular flexibility index (Phi) is 9.80. The Labute approximate surface area is 262 Å². The molecule has 45 heavy (non-hydrogen) atoms. The van der Waals surface area contributed by atoms with Gasteiger partial charge in [-0.1, -0.05) is 18.2 Å². The number of rotatable bonds is 5. The number of ether oxygens (including phenoxy) is 2. The zero-order valence-corrected chi connectivity index (χ0v) is 26.2. The molecular weight excluding hydrogens is 576 g/mol. The van der Waals surface area contributed by atoms with Crippen LogP contribution in [0.5, 0.6) is 11.6 Å². The predicted octanol–water partition coefficient (Wildman–Crippen LogP) is 4.28. The van der Waals surface area contributed by atoms with Gasteiger partial charge in [-0.2, -0.15) is 4.98 Å². The molecule has 0 saturated carbocycles. The highest BCUT2D eigenvalue weighted by Gasteiger charge is 2.43. The third kappa shape index (κ3) is 7.16. The van der Waals surface area contributed by atoms with E-state index in [0.29, 0.717) is 47.0 Å². The van der Waals surface area contributed by atoms with E-state index in [9.17, 15) is 19.5 Å². The molecule has 5 rings (SSSR count). The van der Waals surface area contributed by atoms with E-state index in [0.717, 1.165) is 30.5 Å². The summed E-state index contributed by atoms with van der Waals surface area (Å²) in [6, 6.07) is 6.95. The van der Waals surface area contributed by atoms with Crippen LogP contribution in [0.25, 0.3) is 22.4 Å². The van der Waals surface area contributed by atoms with E-state index in [-0.39, 0.29) is 25.4 Å². The maximum atomic E-state index is 13.7. The SMILES string of the molecule is COc1ccc2c(OC3CC4C(=O)NC(C(=O)O)CCC=CCCCCN(C)C(=O)N4C3)nc(-c3cccc(C)n3)nc2c1C. The van der Waals surface area contributed by atoms with E-state index in [4.69, 9.17) is 19.4 Å². The molecule has 1 aromatic carbocycles. The number of aromatic nitrogens is 3. The fraction of sp³-hybridized carbons (Fsp3) is 0.455. The number of methoxy groups -OCH3 is 1. The van der Waals surface area contributed by atoms with Gasteiger partial charge in [-0.15, -0.1) is 0 Å². The topological polar surface area (TPSA) is 147 Å². The van der Waals surface area contributed by atoms with E-state index in [1.165, 1.54) is 4.90 Å². The molecule has 0 bridgehead atoms. The van der Waals surface area contributed by atoms with Gasteiger partial charge in [0.25, 0.3) is 0 Å². The number of pyridine rings is 1. The number of benzene rings is 1. The van der Waals surface area contributed by atoms with Gasteiger partial charge in [0, 0.05) is 31.3 Å². The van der Waals surface area contributed by atoms with Crippen LogP contribution in [0.3, 0.4) is 0 Å². The van der Waals surface area contributed by atoms with Gasteiger partial charge in [0.15, 0.2) is 5.82 Å². The minimum Gasteiger partial charge on any atom is -0.496 e. The molecule has 3 amide bonds. The number of aryl methyl sites for hydroxylation is 2. The second kappa shape index (κ2) is 13.9. The van der Waals surface area contributed by atoms with Gasteiger partial charge in [-0.05, 0) is 70.2 Å². The molecule has 0 radical (unpaired) electrons. The summed E-state index contributed by atoms with van der Waals surface area (Å²) >= 11 is 0. The van der Waals surface area contributed by atoms with Gasteiger partial charge in [0.1, 0.15) is 29.6 Å². The summed E-state index contributed by atoms with van der Waals surface area (Å²) < 4.78 is 12.1. The molecule has 2 N–H and O–H groups in total. The maximum Gasteiger partial charge on any atom is 0.326 e. The number of carboxylic acid groups (broad SMARTS) is 1. The first-order valence-electron chi connectivity index (χ1n) is 15.3. The van der Waals surface area contributed by atoms with Crippen LogP contribution in [-0.2, 0) is 9.59 Å². The van der Waals surface area contributed by atoms with Crippen molar-refractivity contribution >= 4 is 28.8 Å². The highest BCUT2D eigenvalue weighted by molar-refractivity contribution is 5.91. The number of aliphatic carboxylic acids is 1. The lowest BCUT2D eigenvalue weighted by Crippen LogP contribution is -2.53. The number of carbonyl (C=O) groups excluding carboxylic acids is 2. The van der Waals surface area contributed by atoms with E-state index < -0.39 is 30.1 Å². The van der Waals surface area contributed by atoms with Gasteiger partial charge in [-0.3, -0.25) is 4.79 Å². The first kappa shape index (κ1) is 31.7. The lowest BCUT2D eigenvalue weighted by atomic mass is 10.1. The number of urea groups is 1. The van der Waals surface area contributed by atoms with Crippen LogP contribution < -0.4 is 14.8 Å². The number of allylic oxidation sites excluding steroid dienone is 2. The first-order chi connectivity index (χ1) is 21.7. The summed E-state index contributed by atoms with van der Waals surface area (Å²) in [6.07, 6.45) is 6.86. The van der Waals surface area contributed by atoms with Crippen LogP contribution in [0, 0.1) is 13.8 Å². The van der Waals surface area contributed by atoms with Crippen LogP contribution >= 0.6 is 0 Å². The molecule has 238 valence electrons. The van der Waals surface area contributed by atoms with E-state index in [2.05, 4.69) is 10.3 Å². The Morgan fingerprint density at radius 1 is 1.04 bits per heavy atom. The maximum absolute atomic E-state index is 13.7. The molecular formula is C33H40N6O6. The third-order valence-corrected chi connectivity index (χ3v) is 8.31. The Morgan fingerprint density at radius 3 is 2.60 bits per heavy atom. The second-order valence-corrected chi connectivity index (χ2v) is 11.6. The number of amides is 3. The van der Waals surface area contributed by atoms with Crippen molar-refractivity contribution in [1.82, 2.24) is 30.1 Å². The third-order valence-electron chi connectivity index (χ3n) is 8.31. The van der Waals surface area contributed by atoms with Crippen LogP contribution in [0.4, 0.5) is 4.79 Å². The smallest absolute Gasteiger partial charge is 0.326 e. The van der Waals surface area contributed by atoms with Crippen molar-refractivity contribution < 1.29 is 29.0 Å². The standard InChI is InChI=1S/C33H40N6O6/c1-20-12-11-14-24(34-20)29-36-28-21(2)27(44-4)16-15-23(28)31(37-29)45-22-18-26-30(40)35-25(32(41)42)13-9-7-5-6-8-10-17-38(3)33(43)39(26)19-22/h5,7,11-12,14-16,22,25-26H,6,8-10,13,17-19H2,1-4H3,(H,35,40)(H,41,42). The average Bonchev–Trinajstić information content (AvgIpc) is 3.44. The van der Waals surface area contributed by atoms with E-state index >= 15 is 0 Å². The largest absolute Gasteiger partial charge is 0.496 e. The zero-order chi connectivity index (χ0) is 32.1. The molecule has 0 spiro atoms. The number of hydrogen-bond acceptors (Lipinski definition) is 8. The number of nitrogens with zero attached hydrogens (tertiary/aromatic N) is 5. The summed E-state index contributed by atoms with van der Waals surface area (Å²) in [6.45, 7) is 4.45. The zero-order valence-electron chi connectivity index (χ0n) is 26.2. The molecule has 2 aliphatic rings. The Morgan fingerprint density at radius 2 is 1.84 bits per heavy atom. The summed E-state index contributed by atoms with van der Waals surface area (Å²) in [5.41, 5.74) is 2.83. The molecule has 0 aliphatic carbocycles. The predicted molar refractivity (Wildman–Crippen MR) is 168 cm³/mol. The lowest BCUT2D eigenvalue weighted by Gasteiger charge is -2.29. The number of nitrogens with one attached hydrogen (secondary N) is 1. The molecule has 1 saturated heterocycles. The number of fused-ring (bicyclic) bond motifs is 2. The number of carbonyl (C=O) groups is 3. The summed E-state index contributed by atoms with van der Waals surface area (Å²) in [5.74, 6) is -0.300. The Hall–Kier alpha value is -4.74. The summed E-state index contributed by atoms with van der Waals surface area (Å²) in [7, 11) is 3.31. The minimum absolute atomic E-state index is 0.124. The number of hydrogen-bond donors (Lipinski definition) is 2. The van der Waals surface area contributed by atoms with Crippen LogP contribution in [0.15, 0.2) is 42.5 Å². The monoisotopic (exact) mass is 616 g/mol. The van der Waals surface area contributed by atoms with Gasteiger partial charge in [0.05, 0.1) is 24.6 Å². The number of carboxylic acids is 1. The van der Waals surface area contributed by atoms with Crippen molar-refractivity contribution in [2.75, 3.05) is 27.2 Å². The average molecular weight is 617 g/mol. The van der Waals surface area contributed by atoms with Crippen molar-refractivity contribution in [2.45, 2.75) is 70.6 Å².